The molecule has 3 aromatic carbocycles. The first-order valence-corrected chi connectivity index (χ1v) is 14.0. The van der Waals surface area contributed by atoms with E-state index in [-0.39, 0.29) is 35.2 Å². The Hall–Kier alpha value is -2.83. The van der Waals surface area contributed by atoms with E-state index in [9.17, 15) is 14.0 Å². The second kappa shape index (κ2) is 14.2. The maximum Gasteiger partial charge on any atom is 0.243 e. The molecular formula is C30H34ClFN2O2S. The molecule has 0 unspecified atom stereocenters. The number of benzene rings is 3. The van der Waals surface area contributed by atoms with E-state index >= 15 is 0 Å². The zero-order valence-electron chi connectivity index (χ0n) is 21.5. The summed E-state index contributed by atoms with van der Waals surface area (Å²) in [4.78, 5) is 28.8. The largest absolute Gasteiger partial charge is 0.352 e. The molecule has 7 heteroatoms. The predicted molar refractivity (Wildman–Crippen MR) is 151 cm³/mol. The molecule has 0 aromatic heterocycles. The highest BCUT2D eigenvalue weighted by Crippen LogP contribution is 2.25. The van der Waals surface area contributed by atoms with Gasteiger partial charge in [-0.2, -0.15) is 0 Å². The van der Waals surface area contributed by atoms with E-state index in [1.807, 2.05) is 75.4 Å². The summed E-state index contributed by atoms with van der Waals surface area (Å²) in [6, 6.07) is 21.5. The van der Waals surface area contributed by atoms with Crippen molar-refractivity contribution in [3.05, 3.63) is 106 Å². The third-order valence-corrected chi connectivity index (χ3v) is 7.58. The van der Waals surface area contributed by atoms with Gasteiger partial charge < -0.3 is 10.2 Å². The van der Waals surface area contributed by atoms with Crippen LogP contribution in [-0.2, 0) is 28.3 Å². The zero-order chi connectivity index (χ0) is 26.8. The number of amides is 2. The summed E-state index contributed by atoms with van der Waals surface area (Å²) >= 11 is 7.46. The van der Waals surface area contributed by atoms with Crippen molar-refractivity contribution < 1.29 is 14.0 Å². The SMILES string of the molecule is CC[C@@H](C)NC(=O)[C@H](Cc1ccccc1)N(Cc1ccc(C)cc1)C(=O)CSCc1c(F)cccc1Cl. The Bertz CT molecular complexity index is 1150. The van der Waals surface area contributed by atoms with Gasteiger partial charge in [-0.1, -0.05) is 84.8 Å². The van der Waals surface area contributed by atoms with Crippen molar-refractivity contribution >= 4 is 35.2 Å². The van der Waals surface area contributed by atoms with E-state index in [0.717, 1.165) is 23.1 Å². The van der Waals surface area contributed by atoms with Crippen LogP contribution in [0, 0.1) is 12.7 Å². The van der Waals surface area contributed by atoms with Crippen LogP contribution in [0.1, 0.15) is 42.5 Å². The Morgan fingerprint density at radius 2 is 1.70 bits per heavy atom. The molecule has 0 radical (unpaired) electrons. The summed E-state index contributed by atoms with van der Waals surface area (Å²) < 4.78 is 14.2. The van der Waals surface area contributed by atoms with E-state index in [0.29, 0.717) is 23.6 Å². The third-order valence-electron chi connectivity index (χ3n) is 6.28. The lowest BCUT2D eigenvalue weighted by molar-refractivity contribution is -0.139. The summed E-state index contributed by atoms with van der Waals surface area (Å²) in [5, 5.41) is 3.41. The minimum atomic E-state index is -0.692. The number of carbonyl (C=O) groups excluding carboxylic acids is 2. The monoisotopic (exact) mass is 540 g/mol. The standard InChI is InChI=1S/C30H34ClFN2O2S/c1-4-22(3)33-30(36)28(17-23-9-6-5-7-10-23)34(18-24-15-13-21(2)14-16-24)29(35)20-37-19-25-26(31)11-8-12-27(25)32/h5-16,22,28H,4,17-20H2,1-3H3,(H,33,36)/t22-,28+/m1/s1. The second-order valence-corrected chi connectivity index (χ2v) is 10.6. The highest BCUT2D eigenvalue weighted by atomic mass is 35.5. The lowest BCUT2D eigenvalue weighted by atomic mass is 10.0. The highest BCUT2D eigenvalue weighted by molar-refractivity contribution is 7.99. The van der Waals surface area contributed by atoms with E-state index < -0.39 is 6.04 Å². The molecule has 2 atom stereocenters. The number of thioether (sulfide) groups is 1. The fraction of sp³-hybridized carbons (Fsp3) is 0.333. The highest BCUT2D eigenvalue weighted by Gasteiger charge is 2.31. The number of halogens is 2. The van der Waals surface area contributed by atoms with Gasteiger partial charge in [0.15, 0.2) is 0 Å². The van der Waals surface area contributed by atoms with Crippen molar-refractivity contribution in [1.29, 1.82) is 0 Å². The van der Waals surface area contributed by atoms with Crippen LogP contribution in [0.2, 0.25) is 5.02 Å². The van der Waals surface area contributed by atoms with Gasteiger partial charge in [-0.15, -0.1) is 11.8 Å². The maximum absolute atomic E-state index is 14.2. The van der Waals surface area contributed by atoms with Crippen LogP contribution >= 0.6 is 23.4 Å². The molecule has 0 fully saturated rings. The Balaban J connectivity index is 1.87. The Morgan fingerprint density at radius 1 is 1.00 bits per heavy atom. The Labute approximate surface area is 228 Å². The first kappa shape index (κ1) is 28.7. The number of nitrogens with zero attached hydrogens (tertiary/aromatic N) is 1. The first-order valence-electron chi connectivity index (χ1n) is 12.5. The molecule has 0 aliphatic rings. The molecule has 2 amide bonds. The number of aryl methyl sites for hydroxylation is 1. The molecule has 3 rings (SSSR count). The molecule has 196 valence electrons. The van der Waals surface area contributed by atoms with Crippen molar-refractivity contribution in [3.8, 4) is 0 Å². The van der Waals surface area contributed by atoms with Gasteiger partial charge in [-0.05, 0) is 43.5 Å². The van der Waals surface area contributed by atoms with Gasteiger partial charge in [0.2, 0.25) is 11.8 Å². The van der Waals surface area contributed by atoms with Crippen LogP contribution in [0.4, 0.5) is 4.39 Å². The summed E-state index contributed by atoms with van der Waals surface area (Å²) in [6.45, 7) is 6.27. The smallest absolute Gasteiger partial charge is 0.243 e. The van der Waals surface area contributed by atoms with Crippen LogP contribution in [0.5, 0.6) is 0 Å². The minimum Gasteiger partial charge on any atom is -0.352 e. The number of rotatable bonds is 12. The van der Waals surface area contributed by atoms with Crippen LogP contribution in [-0.4, -0.2) is 34.6 Å². The van der Waals surface area contributed by atoms with Gasteiger partial charge in [-0.25, -0.2) is 4.39 Å². The van der Waals surface area contributed by atoms with Crippen molar-refractivity contribution in [3.63, 3.8) is 0 Å². The fourth-order valence-corrected chi connectivity index (χ4v) is 5.13. The lowest BCUT2D eigenvalue weighted by Gasteiger charge is -2.32. The normalized spacial score (nSPS) is 12.6. The van der Waals surface area contributed by atoms with Crippen LogP contribution in [0.15, 0.2) is 72.8 Å². The molecule has 1 N–H and O–H groups in total. The lowest BCUT2D eigenvalue weighted by Crippen LogP contribution is -2.52. The summed E-state index contributed by atoms with van der Waals surface area (Å²) in [5.74, 6) is -0.394. The molecule has 0 heterocycles. The quantitative estimate of drug-likeness (QED) is 0.282. The summed E-state index contributed by atoms with van der Waals surface area (Å²) in [6.07, 6.45) is 1.18. The van der Waals surface area contributed by atoms with E-state index in [4.69, 9.17) is 11.6 Å². The van der Waals surface area contributed by atoms with Crippen LogP contribution in [0.25, 0.3) is 0 Å². The van der Waals surface area contributed by atoms with E-state index in [1.165, 1.54) is 17.8 Å². The average Bonchev–Trinajstić information content (AvgIpc) is 2.89. The molecular weight excluding hydrogens is 507 g/mol. The van der Waals surface area contributed by atoms with Gasteiger partial charge in [0, 0.05) is 35.3 Å². The Kier molecular flexibility index (Phi) is 11.0. The van der Waals surface area contributed by atoms with E-state index in [2.05, 4.69) is 5.32 Å². The molecule has 0 bridgehead atoms. The number of carbonyl (C=O) groups is 2. The summed E-state index contributed by atoms with van der Waals surface area (Å²) in [7, 11) is 0. The zero-order valence-corrected chi connectivity index (χ0v) is 23.1. The van der Waals surface area contributed by atoms with Crippen molar-refractivity contribution in [2.24, 2.45) is 0 Å². The molecule has 0 saturated heterocycles. The Morgan fingerprint density at radius 3 is 2.35 bits per heavy atom. The molecule has 0 saturated carbocycles. The molecule has 4 nitrogen and oxygen atoms in total. The molecule has 0 spiro atoms. The molecule has 3 aromatic rings. The van der Waals surface area contributed by atoms with Gasteiger partial charge in [0.1, 0.15) is 11.9 Å². The summed E-state index contributed by atoms with van der Waals surface area (Å²) in [5.41, 5.74) is 3.41. The molecule has 37 heavy (non-hydrogen) atoms. The predicted octanol–water partition coefficient (Wildman–Crippen LogP) is 6.58. The first-order chi connectivity index (χ1) is 17.8. The minimum absolute atomic E-state index is 0.0142. The molecule has 0 aliphatic heterocycles. The van der Waals surface area contributed by atoms with E-state index in [1.54, 1.807) is 17.0 Å². The number of hydrogen-bond donors (Lipinski definition) is 1. The van der Waals surface area contributed by atoms with Gasteiger partial charge >= 0.3 is 0 Å². The number of hydrogen-bond acceptors (Lipinski definition) is 3. The fourth-order valence-electron chi connectivity index (χ4n) is 3.88. The van der Waals surface area contributed by atoms with Crippen molar-refractivity contribution in [2.45, 2.75) is 58.0 Å². The number of nitrogens with one attached hydrogen (secondary N) is 1. The second-order valence-electron chi connectivity index (χ2n) is 9.22. The van der Waals surface area contributed by atoms with Crippen molar-refractivity contribution in [2.75, 3.05) is 5.75 Å². The van der Waals surface area contributed by atoms with Crippen LogP contribution < -0.4 is 5.32 Å². The van der Waals surface area contributed by atoms with Gasteiger partial charge in [0.25, 0.3) is 0 Å². The topological polar surface area (TPSA) is 49.4 Å². The van der Waals surface area contributed by atoms with Crippen LogP contribution in [0.3, 0.4) is 0 Å². The molecule has 0 aliphatic carbocycles. The third kappa shape index (κ3) is 8.61. The van der Waals surface area contributed by atoms with Gasteiger partial charge in [-0.3, -0.25) is 9.59 Å². The van der Waals surface area contributed by atoms with Gasteiger partial charge in [0.05, 0.1) is 5.75 Å². The average molecular weight is 541 g/mol. The van der Waals surface area contributed by atoms with Crippen molar-refractivity contribution in [1.82, 2.24) is 10.2 Å². The maximum atomic E-state index is 14.2.